The van der Waals surface area contributed by atoms with Crippen molar-refractivity contribution >= 4 is 29.9 Å². The standard InChI is InChI=1S/C16H31N3O.HI/c1-6-20-14-10-13(16(14)8-7-9-16)19-15(17-5)18-12(4)11(2)3;/h11-14H,6-10H2,1-5H3,(H2,17,18,19);1H. The Kier molecular flexibility index (Phi) is 7.24. The number of rotatable bonds is 5. The lowest BCUT2D eigenvalue weighted by Gasteiger charge is -2.61. The van der Waals surface area contributed by atoms with E-state index in [0.717, 1.165) is 19.0 Å². The van der Waals surface area contributed by atoms with Crippen molar-refractivity contribution < 1.29 is 4.74 Å². The third-order valence-corrected chi connectivity index (χ3v) is 5.34. The molecule has 2 fully saturated rings. The first kappa shape index (κ1) is 19.0. The molecule has 0 aromatic rings. The molecule has 4 nitrogen and oxygen atoms in total. The van der Waals surface area contributed by atoms with Gasteiger partial charge in [0.15, 0.2) is 5.96 Å². The van der Waals surface area contributed by atoms with Gasteiger partial charge in [-0.25, -0.2) is 0 Å². The maximum atomic E-state index is 5.90. The van der Waals surface area contributed by atoms with Gasteiger partial charge in [0.05, 0.1) is 6.10 Å². The number of hydrogen-bond acceptors (Lipinski definition) is 2. The molecule has 2 rings (SSSR count). The molecule has 0 saturated heterocycles. The Bertz CT molecular complexity index is 355. The largest absolute Gasteiger partial charge is 0.378 e. The zero-order valence-corrected chi connectivity index (χ0v) is 16.4. The average Bonchev–Trinajstić information content (AvgIpc) is 2.33. The number of hydrogen-bond donors (Lipinski definition) is 2. The van der Waals surface area contributed by atoms with Crippen LogP contribution in [0.4, 0.5) is 0 Å². The molecule has 0 radical (unpaired) electrons. The molecule has 1 spiro atoms. The van der Waals surface area contributed by atoms with Crippen molar-refractivity contribution in [2.24, 2.45) is 16.3 Å². The van der Waals surface area contributed by atoms with Crippen molar-refractivity contribution in [2.75, 3.05) is 13.7 Å². The van der Waals surface area contributed by atoms with Crippen LogP contribution in [-0.4, -0.2) is 37.8 Å². The zero-order valence-electron chi connectivity index (χ0n) is 14.1. The van der Waals surface area contributed by atoms with Crippen LogP contribution in [0.1, 0.15) is 53.4 Å². The van der Waals surface area contributed by atoms with Crippen molar-refractivity contribution in [1.82, 2.24) is 10.6 Å². The second-order valence-corrected chi connectivity index (χ2v) is 6.71. The van der Waals surface area contributed by atoms with E-state index in [1.807, 2.05) is 7.05 Å². The lowest BCUT2D eigenvalue weighted by atomic mass is 9.51. The summed E-state index contributed by atoms with van der Waals surface area (Å²) in [7, 11) is 1.86. The summed E-state index contributed by atoms with van der Waals surface area (Å²) in [6, 6.07) is 0.958. The molecule has 0 aromatic heterocycles. The summed E-state index contributed by atoms with van der Waals surface area (Å²) >= 11 is 0. The molecule has 2 N–H and O–H groups in total. The molecule has 2 aliphatic carbocycles. The third-order valence-electron chi connectivity index (χ3n) is 5.34. The van der Waals surface area contributed by atoms with Crippen LogP contribution in [0.5, 0.6) is 0 Å². The fraction of sp³-hybridized carbons (Fsp3) is 0.938. The number of guanidine groups is 1. The predicted molar refractivity (Wildman–Crippen MR) is 99.4 cm³/mol. The van der Waals surface area contributed by atoms with E-state index < -0.39 is 0 Å². The Morgan fingerprint density at radius 2 is 2.00 bits per heavy atom. The van der Waals surface area contributed by atoms with Gasteiger partial charge >= 0.3 is 0 Å². The highest BCUT2D eigenvalue weighted by Crippen LogP contribution is 2.57. The van der Waals surface area contributed by atoms with Gasteiger partial charge < -0.3 is 15.4 Å². The summed E-state index contributed by atoms with van der Waals surface area (Å²) in [4.78, 5) is 4.38. The van der Waals surface area contributed by atoms with Gasteiger partial charge in [0, 0.05) is 31.2 Å². The summed E-state index contributed by atoms with van der Waals surface area (Å²) in [5.41, 5.74) is 0.384. The Morgan fingerprint density at radius 1 is 1.33 bits per heavy atom. The van der Waals surface area contributed by atoms with Crippen LogP contribution in [0.15, 0.2) is 4.99 Å². The van der Waals surface area contributed by atoms with Crippen LogP contribution in [0.25, 0.3) is 0 Å². The summed E-state index contributed by atoms with van der Waals surface area (Å²) in [6.45, 7) is 9.59. The molecule has 5 heteroatoms. The predicted octanol–water partition coefficient (Wildman–Crippen LogP) is 3.16. The second kappa shape index (κ2) is 7.99. The van der Waals surface area contributed by atoms with Gasteiger partial charge in [0.1, 0.15) is 0 Å². The van der Waals surface area contributed by atoms with E-state index in [9.17, 15) is 0 Å². The van der Waals surface area contributed by atoms with E-state index in [1.54, 1.807) is 0 Å². The minimum atomic E-state index is 0. The molecule has 0 aromatic carbocycles. The van der Waals surface area contributed by atoms with Gasteiger partial charge in [0.25, 0.3) is 0 Å². The van der Waals surface area contributed by atoms with E-state index >= 15 is 0 Å². The lowest BCUT2D eigenvalue weighted by molar-refractivity contribution is -0.168. The number of ether oxygens (including phenoxy) is 1. The first-order valence-corrected chi connectivity index (χ1v) is 8.15. The van der Waals surface area contributed by atoms with Crippen LogP contribution < -0.4 is 10.6 Å². The lowest BCUT2D eigenvalue weighted by Crippen LogP contribution is -2.69. The molecule has 0 amide bonds. The van der Waals surface area contributed by atoms with Gasteiger partial charge in [-0.1, -0.05) is 20.3 Å². The van der Waals surface area contributed by atoms with Crippen molar-refractivity contribution in [3.8, 4) is 0 Å². The van der Waals surface area contributed by atoms with E-state index in [4.69, 9.17) is 4.74 Å². The van der Waals surface area contributed by atoms with Crippen LogP contribution in [0, 0.1) is 11.3 Å². The van der Waals surface area contributed by atoms with E-state index in [-0.39, 0.29) is 24.0 Å². The summed E-state index contributed by atoms with van der Waals surface area (Å²) in [5, 5.41) is 7.13. The monoisotopic (exact) mass is 409 g/mol. The molecule has 0 aliphatic heterocycles. The van der Waals surface area contributed by atoms with Crippen LogP contribution >= 0.6 is 24.0 Å². The smallest absolute Gasteiger partial charge is 0.191 e. The highest BCUT2D eigenvalue weighted by Gasteiger charge is 2.59. The average molecular weight is 409 g/mol. The fourth-order valence-electron chi connectivity index (χ4n) is 3.36. The molecule has 3 atom stereocenters. The first-order chi connectivity index (χ1) is 9.53. The highest BCUT2D eigenvalue weighted by atomic mass is 127. The van der Waals surface area contributed by atoms with Crippen molar-refractivity contribution in [3.05, 3.63) is 0 Å². The number of aliphatic imine (C=N–C) groups is 1. The SMILES string of the molecule is CCOC1CC(NC(=NC)NC(C)C(C)C)C12CCC2.I. The highest BCUT2D eigenvalue weighted by molar-refractivity contribution is 14.0. The second-order valence-electron chi connectivity index (χ2n) is 6.71. The van der Waals surface area contributed by atoms with Gasteiger partial charge in [-0.3, -0.25) is 4.99 Å². The van der Waals surface area contributed by atoms with Crippen molar-refractivity contribution in [1.29, 1.82) is 0 Å². The molecule has 0 heterocycles. The zero-order chi connectivity index (χ0) is 14.8. The minimum Gasteiger partial charge on any atom is -0.378 e. The first-order valence-electron chi connectivity index (χ1n) is 8.15. The van der Waals surface area contributed by atoms with Crippen molar-refractivity contribution in [3.63, 3.8) is 0 Å². The summed E-state index contributed by atoms with van der Waals surface area (Å²) in [6.07, 6.45) is 5.51. The van der Waals surface area contributed by atoms with Crippen LogP contribution in [-0.2, 0) is 4.74 Å². The third kappa shape index (κ3) is 3.84. The Labute approximate surface area is 146 Å². The molecule has 0 bridgehead atoms. The summed E-state index contributed by atoms with van der Waals surface area (Å²) in [5.74, 6) is 1.54. The Balaban J connectivity index is 0.00000220. The van der Waals surface area contributed by atoms with E-state index in [2.05, 4.69) is 43.3 Å². The van der Waals surface area contributed by atoms with Crippen LogP contribution in [0.3, 0.4) is 0 Å². The molecule has 2 saturated carbocycles. The van der Waals surface area contributed by atoms with E-state index in [1.165, 1.54) is 19.3 Å². The molecular formula is C16H32IN3O. The maximum absolute atomic E-state index is 5.90. The number of nitrogens with one attached hydrogen (secondary N) is 2. The Hall–Kier alpha value is -0.0400. The number of halogens is 1. The molecular weight excluding hydrogens is 377 g/mol. The maximum Gasteiger partial charge on any atom is 0.191 e. The van der Waals surface area contributed by atoms with Gasteiger partial charge in [0.2, 0.25) is 0 Å². The molecule has 21 heavy (non-hydrogen) atoms. The van der Waals surface area contributed by atoms with Crippen molar-refractivity contribution in [2.45, 2.75) is 71.6 Å². The number of nitrogens with zero attached hydrogens (tertiary/aromatic N) is 1. The minimum absolute atomic E-state index is 0. The Morgan fingerprint density at radius 3 is 2.43 bits per heavy atom. The molecule has 3 unspecified atom stereocenters. The van der Waals surface area contributed by atoms with Gasteiger partial charge in [-0.2, -0.15) is 0 Å². The topological polar surface area (TPSA) is 45.6 Å². The van der Waals surface area contributed by atoms with Gasteiger partial charge in [-0.15, -0.1) is 24.0 Å². The van der Waals surface area contributed by atoms with Gasteiger partial charge in [-0.05, 0) is 39.0 Å². The van der Waals surface area contributed by atoms with Crippen LogP contribution in [0.2, 0.25) is 0 Å². The fourth-order valence-corrected chi connectivity index (χ4v) is 3.36. The quantitative estimate of drug-likeness (QED) is 0.417. The molecule has 2 aliphatic rings. The van der Waals surface area contributed by atoms with E-state index in [0.29, 0.717) is 29.5 Å². The normalized spacial score (nSPS) is 28.4. The molecule has 124 valence electrons. The summed E-state index contributed by atoms with van der Waals surface area (Å²) < 4.78 is 5.90.